The summed E-state index contributed by atoms with van der Waals surface area (Å²) in [5.41, 5.74) is 2.01. The number of rotatable bonds is 3. The third-order valence-electron chi connectivity index (χ3n) is 5.19. The number of likely N-dealkylation sites (tertiary alicyclic amines) is 1. The highest BCUT2D eigenvalue weighted by molar-refractivity contribution is 7.90. The fourth-order valence-corrected chi connectivity index (χ4v) is 5.02. The molecular formula is C20H23N3O2S. The van der Waals surface area contributed by atoms with E-state index < -0.39 is 10.0 Å². The van der Waals surface area contributed by atoms with Gasteiger partial charge in [-0.3, -0.25) is 14.6 Å². The van der Waals surface area contributed by atoms with Crippen LogP contribution in [0.1, 0.15) is 30.9 Å². The number of sulfonamides is 1. The van der Waals surface area contributed by atoms with Crippen molar-refractivity contribution in [2.75, 3.05) is 6.54 Å². The molecule has 0 bridgehead atoms. The molecule has 2 aliphatic rings. The van der Waals surface area contributed by atoms with Crippen LogP contribution in [0.25, 0.3) is 0 Å². The van der Waals surface area contributed by atoms with Gasteiger partial charge >= 0.3 is 0 Å². The van der Waals surface area contributed by atoms with Gasteiger partial charge in [-0.15, -0.1) is 0 Å². The van der Waals surface area contributed by atoms with Crippen molar-refractivity contribution in [2.24, 2.45) is 4.99 Å². The van der Waals surface area contributed by atoms with Crippen LogP contribution in [0.2, 0.25) is 0 Å². The van der Waals surface area contributed by atoms with Crippen LogP contribution in [-0.2, 0) is 16.6 Å². The predicted molar refractivity (Wildman–Crippen MR) is 103 cm³/mol. The molecule has 1 saturated heterocycles. The van der Waals surface area contributed by atoms with Gasteiger partial charge in [0.25, 0.3) is 10.0 Å². The minimum absolute atomic E-state index is 0.140. The molecule has 0 spiro atoms. The molecule has 2 aliphatic heterocycles. The van der Waals surface area contributed by atoms with E-state index in [-0.39, 0.29) is 6.04 Å². The van der Waals surface area contributed by atoms with Gasteiger partial charge in [-0.25, -0.2) is 8.42 Å². The van der Waals surface area contributed by atoms with E-state index in [2.05, 4.69) is 40.8 Å². The van der Waals surface area contributed by atoms with E-state index in [0.717, 1.165) is 25.9 Å². The van der Waals surface area contributed by atoms with Crippen LogP contribution in [0.5, 0.6) is 0 Å². The van der Waals surface area contributed by atoms with Gasteiger partial charge in [-0.1, -0.05) is 42.5 Å². The summed E-state index contributed by atoms with van der Waals surface area (Å²) in [7, 11) is -3.46. The average molecular weight is 369 g/mol. The van der Waals surface area contributed by atoms with E-state index in [1.54, 1.807) is 12.1 Å². The third-order valence-corrected chi connectivity index (χ3v) is 6.59. The lowest BCUT2D eigenvalue weighted by Gasteiger charge is -2.36. The molecule has 2 aromatic carbocycles. The Balaban J connectivity index is 1.48. The summed E-state index contributed by atoms with van der Waals surface area (Å²) in [4.78, 5) is 7.56. The Labute approximate surface area is 154 Å². The topological polar surface area (TPSA) is 61.8 Å². The highest BCUT2D eigenvalue weighted by Crippen LogP contribution is 2.26. The molecule has 2 heterocycles. The van der Waals surface area contributed by atoms with E-state index in [1.807, 2.05) is 18.2 Å². The number of fused-ring (bicyclic) bond motifs is 1. The summed E-state index contributed by atoms with van der Waals surface area (Å²) >= 11 is 0. The van der Waals surface area contributed by atoms with E-state index in [1.165, 1.54) is 5.56 Å². The number of benzene rings is 2. The number of nitrogens with one attached hydrogen (secondary N) is 1. The normalized spacial score (nSPS) is 26.4. The van der Waals surface area contributed by atoms with Gasteiger partial charge in [-0.2, -0.15) is 0 Å². The second-order valence-electron chi connectivity index (χ2n) is 7.06. The number of amidine groups is 1. The summed E-state index contributed by atoms with van der Waals surface area (Å²) in [6.07, 6.45) is 1.87. The maximum absolute atomic E-state index is 12.2. The molecule has 2 unspecified atom stereocenters. The van der Waals surface area contributed by atoms with E-state index in [0.29, 0.717) is 22.3 Å². The van der Waals surface area contributed by atoms with Crippen LogP contribution < -0.4 is 4.72 Å². The zero-order valence-electron chi connectivity index (χ0n) is 14.8. The van der Waals surface area contributed by atoms with Crippen LogP contribution in [0.4, 0.5) is 0 Å². The zero-order chi connectivity index (χ0) is 18.1. The Hall–Kier alpha value is -2.18. The van der Waals surface area contributed by atoms with Crippen molar-refractivity contribution in [3.63, 3.8) is 0 Å². The standard InChI is InChI=1S/C20H23N3O2S/c1-15-13-17(11-12-23(15)14-16-7-3-2-4-8-16)21-20-18-9-5-6-10-19(18)26(24,25)22-20/h2-10,15,17H,11-14H2,1H3,(H,21,22). The Morgan fingerprint density at radius 3 is 2.62 bits per heavy atom. The van der Waals surface area contributed by atoms with Crippen molar-refractivity contribution in [1.82, 2.24) is 9.62 Å². The van der Waals surface area contributed by atoms with Crippen LogP contribution in [0, 0.1) is 0 Å². The van der Waals surface area contributed by atoms with Crippen molar-refractivity contribution in [2.45, 2.75) is 43.3 Å². The van der Waals surface area contributed by atoms with E-state index in [4.69, 9.17) is 4.99 Å². The summed E-state index contributed by atoms with van der Waals surface area (Å²) in [6, 6.07) is 18.1. The van der Waals surface area contributed by atoms with Crippen LogP contribution in [-0.4, -0.2) is 37.8 Å². The maximum atomic E-state index is 12.2. The van der Waals surface area contributed by atoms with Gasteiger partial charge in [0.05, 0.1) is 10.9 Å². The first-order chi connectivity index (χ1) is 12.5. The van der Waals surface area contributed by atoms with Crippen molar-refractivity contribution in [1.29, 1.82) is 0 Å². The molecule has 0 saturated carbocycles. The van der Waals surface area contributed by atoms with Gasteiger partial charge in [-0.05, 0) is 37.5 Å². The van der Waals surface area contributed by atoms with Gasteiger partial charge in [0.1, 0.15) is 5.84 Å². The summed E-state index contributed by atoms with van der Waals surface area (Å²) < 4.78 is 27.1. The third kappa shape index (κ3) is 3.39. The first-order valence-corrected chi connectivity index (χ1v) is 10.5. The second kappa shape index (κ2) is 6.85. The van der Waals surface area contributed by atoms with Gasteiger partial charge in [0, 0.05) is 24.7 Å². The molecule has 4 rings (SSSR count). The number of hydrogen-bond acceptors (Lipinski definition) is 4. The molecule has 5 nitrogen and oxygen atoms in total. The fourth-order valence-electron chi connectivity index (χ4n) is 3.78. The maximum Gasteiger partial charge on any atom is 0.263 e. The Morgan fingerprint density at radius 1 is 1.12 bits per heavy atom. The van der Waals surface area contributed by atoms with Crippen LogP contribution in [0.3, 0.4) is 0 Å². The SMILES string of the molecule is CC1CC(N=C2NS(=O)(=O)c3ccccc32)CCN1Cc1ccccc1. The minimum atomic E-state index is -3.46. The molecule has 0 aliphatic carbocycles. The molecule has 1 fully saturated rings. The molecule has 0 radical (unpaired) electrons. The van der Waals surface area contributed by atoms with E-state index in [9.17, 15) is 8.42 Å². The molecule has 2 aromatic rings. The highest BCUT2D eigenvalue weighted by Gasteiger charge is 2.32. The first-order valence-electron chi connectivity index (χ1n) is 9.01. The number of nitrogens with zero attached hydrogens (tertiary/aromatic N) is 2. The van der Waals surface area contributed by atoms with Crippen molar-refractivity contribution in [3.8, 4) is 0 Å². The molecule has 0 aromatic heterocycles. The van der Waals surface area contributed by atoms with Crippen LogP contribution in [0.15, 0.2) is 64.5 Å². The van der Waals surface area contributed by atoms with Crippen molar-refractivity contribution >= 4 is 15.9 Å². The van der Waals surface area contributed by atoms with Crippen molar-refractivity contribution in [3.05, 3.63) is 65.7 Å². The lowest BCUT2D eigenvalue weighted by molar-refractivity contribution is 0.140. The Morgan fingerprint density at radius 2 is 1.85 bits per heavy atom. The smallest absolute Gasteiger partial charge is 0.263 e. The molecule has 2 atom stereocenters. The molecule has 1 N–H and O–H groups in total. The van der Waals surface area contributed by atoms with Gasteiger partial charge in [0.2, 0.25) is 0 Å². The van der Waals surface area contributed by atoms with Gasteiger partial charge in [0.15, 0.2) is 0 Å². The van der Waals surface area contributed by atoms with Gasteiger partial charge < -0.3 is 0 Å². The number of hydrogen-bond donors (Lipinski definition) is 1. The highest BCUT2D eigenvalue weighted by atomic mass is 32.2. The van der Waals surface area contributed by atoms with Crippen molar-refractivity contribution < 1.29 is 8.42 Å². The molecule has 26 heavy (non-hydrogen) atoms. The summed E-state index contributed by atoms with van der Waals surface area (Å²) in [5, 5.41) is 0. The summed E-state index contributed by atoms with van der Waals surface area (Å²) in [5.74, 6) is 0.495. The molecule has 6 heteroatoms. The quantitative estimate of drug-likeness (QED) is 0.905. The molecule has 0 amide bonds. The molecular weight excluding hydrogens is 346 g/mol. The monoisotopic (exact) mass is 369 g/mol. The lowest BCUT2D eigenvalue weighted by atomic mass is 9.98. The van der Waals surface area contributed by atoms with E-state index >= 15 is 0 Å². The lowest BCUT2D eigenvalue weighted by Crippen LogP contribution is -2.42. The minimum Gasteiger partial charge on any atom is -0.296 e. The average Bonchev–Trinajstić information content (AvgIpc) is 2.89. The zero-order valence-corrected chi connectivity index (χ0v) is 15.6. The number of piperidine rings is 1. The molecule has 136 valence electrons. The Kier molecular flexibility index (Phi) is 4.54. The largest absolute Gasteiger partial charge is 0.296 e. The number of aliphatic imine (C=N–C) groups is 1. The Bertz CT molecular complexity index is 925. The fraction of sp³-hybridized carbons (Fsp3) is 0.350. The second-order valence-corrected chi connectivity index (χ2v) is 8.71. The first kappa shape index (κ1) is 17.2. The summed E-state index contributed by atoms with van der Waals surface area (Å²) in [6.45, 7) is 4.13. The van der Waals surface area contributed by atoms with Crippen LogP contribution >= 0.6 is 0 Å². The predicted octanol–water partition coefficient (Wildman–Crippen LogP) is 2.78.